The maximum Gasteiger partial charge on any atom is 0.0369 e. The molecule has 0 aliphatic carbocycles. The van der Waals surface area contributed by atoms with Gasteiger partial charge in [-0.2, -0.15) is 0 Å². The number of hydrogen-bond acceptors (Lipinski definition) is 1. The van der Waals surface area contributed by atoms with Crippen molar-refractivity contribution in [2.24, 2.45) is 5.92 Å². The molecule has 1 aliphatic heterocycles. The molecule has 2 heteroatoms. The summed E-state index contributed by atoms with van der Waals surface area (Å²) >= 11 is 0. The lowest BCUT2D eigenvalue weighted by molar-refractivity contribution is 0.578. The summed E-state index contributed by atoms with van der Waals surface area (Å²) in [5.41, 5.74) is 2.82. The third kappa shape index (κ3) is 2.99. The summed E-state index contributed by atoms with van der Waals surface area (Å²) in [6.45, 7) is 8.65. The second-order valence-electron chi connectivity index (χ2n) is 4.93. The van der Waals surface area contributed by atoms with Crippen molar-refractivity contribution >= 4 is 5.69 Å². The van der Waals surface area contributed by atoms with Crippen LogP contribution < -0.4 is 10.2 Å². The third-order valence-corrected chi connectivity index (χ3v) is 2.98. The predicted molar refractivity (Wildman–Crippen MR) is 69.1 cm³/mol. The first-order valence-corrected chi connectivity index (χ1v) is 6.23. The van der Waals surface area contributed by atoms with E-state index in [0.29, 0.717) is 0 Å². The van der Waals surface area contributed by atoms with Crippen LogP contribution in [-0.2, 0) is 6.42 Å². The van der Waals surface area contributed by atoms with Crippen LogP contribution in [-0.4, -0.2) is 26.2 Å². The molecule has 0 N–H and O–H groups in total. The average molecular weight is 217 g/mol. The molecule has 0 bridgehead atoms. The second-order valence-corrected chi connectivity index (χ2v) is 4.93. The molecule has 2 rings (SSSR count). The van der Waals surface area contributed by atoms with Gasteiger partial charge in [0.25, 0.3) is 0 Å². The second kappa shape index (κ2) is 5.35. The quantitative estimate of drug-likeness (QED) is 0.759. The van der Waals surface area contributed by atoms with Gasteiger partial charge in [0.15, 0.2) is 0 Å². The highest BCUT2D eigenvalue weighted by atomic mass is 15.2. The van der Waals surface area contributed by atoms with Gasteiger partial charge in [0.05, 0.1) is 0 Å². The minimum atomic E-state index is 0.728. The standard InChI is InChI=1S/C14H21N2/c1-12(2)10-13-4-3-5-14(11-13)16-8-6-15-7-9-16/h3-5,11-12H,6-10H2,1-2H3. The van der Waals surface area contributed by atoms with Gasteiger partial charge in [-0.3, -0.25) is 0 Å². The molecule has 87 valence electrons. The Bertz CT molecular complexity index is 327. The molecule has 0 saturated carbocycles. The van der Waals surface area contributed by atoms with Crippen molar-refractivity contribution in [1.82, 2.24) is 5.32 Å². The summed E-state index contributed by atoms with van der Waals surface area (Å²) in [6.07, 6.45) is 1.17. The molecule has 0 atom stereocenters. The zero-order valence-corrected chi connectivity index (χ0v) is 10.3. The monoisotopic (exact) mass is 217 g/mol. The third-order valence-electron chi connectivity index (χ3n) is 2.98. The average Bonchev–Trinajstić information content (AvgIpc) is 2.30. The molecule has 1 heterocycles. The molecule has 1 aromatic rings. The Morgan fingerprint density at radius 3 is 2.69 bits per heavy atom. The highest BCUT2D eigenvalue weighted by molar-refractivity contribution is 5.49. The maximum atomic E-state index is 4.38. The Morgan fingerprint density at radius 1 is 1.25 bits per heavy atom. The van der Waals surface area contributed by atoms with Crippen LogP contribution in [0.2, 0.25) is 0 Å². The lowest BCUT2D eigenvalue weighted by Gasteiger charge is -2.29. The fourth-order valence-electron chi connectivity index (χ4n) is 2.22. The van der Waals surface area contributed by atoms with Crippen LogP contribution in [0.4, 0.5) is 5.69 Å². The van der Waals surface area contributed by atoms with Crippen molar-refractivity contribution in [2.75, 3.05) is 31.1 Å². The molecular formula is C14H21N2. The van der Waals surface area contributed by atoms with Crippen LogP contribution in [0.3, 0.4) is 0 Å². The van der Waals surface area contributed by atoms with E-state index in [1.165, 1.54) is 17.7 Å². The smallest absolute Gasteiger partial charge is 0.0369 e. The molecule has 0 unspecified atom stereocenters. The SMILES string of the molecule is CC(C)Cc1cccc(N2CC[N]CC2)c1. The molecular weight excluding hydrogens is 196 g/mol. The molecule has 1 aliphatic rings. The highest BCUT2D eigenvalue weighted by Crippen LogP contribution is 2.18. The summed E-state index contributed by atoms with van der Waals surface area (Å²) < 4.78 is 0. The normalized spacial score (nSPS) is 16.8. The number of benzene rings is 1. The number of hydrogen-bond donors (Lipinski definition) is 0. The Morgan fingerprint density at radius 2 is 2.00 bits per heavy atom. The van der Waals surface area contributed by atoms with E-state index >= 15 is 0 Å². The summed E-state index contributed by atoms with van der Waals surface area (Å²) in [4.78, 5) is 2.44. The van der Waals surface area contributed by atoms with E-state index in [2.05, 4.69) is 48.3 Å². The van der Waals surface area contributed by atoms with Crippen LogP contribution >= 0.6 is 0 Å². The molecule has 1 saturated heterocycles. The first-order chi connectivity index (χ1) is 7.75. The maximum absolute atomic E-state index is 4.38. The van der Waals surface area contributed by atoms with E-state index in [4.69, 9.17) is 0 Å². The van der Waals surface area contributed by atoms with Gasteiger partial charge in [-0.15, -0.1) is 0 Å². The van der Waals surface area contributed by atoms with Crippen molar-refractivity contribution in [2.45, 2.75) is 20.3 Å². The van der Waals surface area contributed by atoms with E-state index in [1.54, 1.807) is 0 Å². The lowest BCUT2D eigenvalue weighted by Crippen LogP contribution is -2.40. The van der Waals surface area contributed by atoms with Crippen LogP contribution in [0.1, 0.15) is 19.4 Å². The number of rotatable bonds is 3. The van der Waals surface area contributed by atoms with Gasteiger partial charge in [-0.1, -0.05) is 26.0 Å². The fraction of sp³-hybridized carbons (Fsp3) is 0.571. The molecule has 1 fully saturated rings. The van der Waals surface area contributed by atoms with E-state index in [0.717, 1.165) is 32.1 Å². The molecule has 0 amide bonds. The molecule has 1 radical (unpaired) electrons. The Balaban J connectivity index is 2.08. The van der Waals surface area contributed by atoms with Crippen molar-refractivity contribution in [3.05, 3.63) is 29.8 Å². The Labute approximate surface area is 98.7 Å². The largest absolute Gasteiger partial charge is 0.369 e. The van der Waals surface area contributed by atoms with Gasteiger partial charge in [-0.25, -0.2) is 5.32 Å². The molecule has 0 spiro atoms. The zero-order chi connectivity index (χ0) is 11.4. The van der Waals surface area contributed by atoms with E-state index in [-0.39, 0.29) is 0 Å². The molecule has 1 aromatic carbocycles. The highest BCUT2D eigenvalue weighted by Gasteiger charge is 2.11. The summed E-state index contributed by atoms with van der Waals surface area (Å²) in [5.74, 6) is 0.728. The first kappa shape index (κ1) is 11.5. The van der Waals surface area contributed by atoms with Crippen molar-refractivity contribution in [3.8, 4) is 0 Å². The van der Waals surface area contributed by atoms with Crippen LogP contribution in [0, 0.1) is 5.92 Å². The van der Waals surface area contributed by atoms with Gasteiger partial charge < -0.3 is 4.90 Å². The summed E-state index contributed by atoms with van der Waals surface area (Å²) in [6, 6.07) is 8.97. The van der Waals surface area contributed by atoms with Gasteiger partial charge in [-0.05, 0) is 30.0 Å². The van der Waals surface area contributed by atoms with Gasteiger partial charge >= 0.3 is 0 Å². The van der Waals surface area contributed by atoms with Crippen LogP contribution in [0.5, 0.6) is 0 Å². The zero-order valence-electron chi connectivity index (χ0n) is 10.3. The van der Waals surface area contributed by atoms with Crippen molar-refractivity contribution < 1.29 is 0 Å². The van der Waals surface area contributed by atoms with Gasteiger partial charge in [0.1, 0.15) is 0 Å². The molecule has 2 nitrogen and oxygen atoms in total. The molecule has 0 aromatic heterocycles. The number of anilines is 1. The minimum absolute atomic E-state index is 0.728. The number of piperazine rings is 1. The summed E-state index contributed by atoms with van der Waals surface area (Å²) in [7, 11) is 0. The van der Waals surface area contributed by atoms with E-state index < -0.39 is 0 Å². The van der Waals surface area contributed by atoms with Crippen LogP contribution in [0.15, 0.2) is 24.3 Å². The Kier molecular flexibility index (Phi) is 3.83. The number of nitrogens with zero attached hydrogens (tertiary/aromatic N) is 2. The van der Waals surface area contributed by atoms with E-state index in [9.17, 15) is 0 Å². The minimum Gasteiger partial charge on any atom is -0.369 e. The fourth-order valence-corrected chi connectivity index (χ4v) is 2.22. The first-order valence-electron chi connectivity index (χ1n) is 6.23. The summed E-state index contributed by atoms with van der Waals surface area (Å²) in [5, 5.41) is 4.38. The van der Waals surface area contributed by atoms with Crippen LogP contribution in [0.25, 0.3) is 0 Å². The topological polar surface area (TPSA) is 17.3 Å². The van der Waals surface area contributed by atoms with Gasteiger partial charge in [0, 0.05) is 31.9 Å². The van der Waals surface area contributed by atoms with Crippen molar-refractivity contribution in [1.29, 1.82) is 0 Å². The van der Waals surface area contributed by atoms with E-state index in [1.807, 2.05) is 0 Å². The van der Waals surface area contributed by atoms with Gasteiger partial charge in [0.2, 0.25) is 0 Å². The van der Waals surface area contributed by atoms with Crippen molar-refractivity contribution in [3.63, 3.8) is 0 Å². The predicted octanol–water partition coefficient (Wildman–Crippen LogP) is 2.31. The Hall–Kier alpha value is -1.02. The molecule has 16 heavy (non-hydrogen) atoms. The lowest BCUT2D eigenvalue weighted by atomic mass is 10.0.